The molecule has 0 spiro atoms. The summed E-state index contributed by atoms with van der Waals surface area (Å²) in [7, 11) is 0. The normalized spacial score (nSPS) is 10.0. The summed E-state index contributed by atoms with van der Waals surface area (Å²) in [6.07, 6.45) is 0.666. The summed E-state index contributed by atoms with van der Waals surface area (Å²) in [5.41, 5.74) is 2.67. The van der Waals surface area contributed by atoms with Crippen molar-refractivity contribution in [3.8, 4) is 6.07 Å². The molecular formula is C12H17N3O2. The molecule has 92 valence electrons. The third-order valence-electron chi connectivity index (χ3n) is 2.59. The third-order valence-corrected chi connectivity index (χ3v) is 2.59. The van der Waals surface area contributed by atoms with E-state index in [2.05, 4.69) is 11.2 Å². The molecule has 0 bridgehead atoms. The molecule has 1 aromatic heterocycles. The Labute approximate surface area is 101 Å². The van der Waals surface area contributed by atoms with E-state index in [0.717, 1.165) is 17.0 Å². The summed E-state index contributed by atoms with van der Waals surface area (Å²) >= 11 is 0. The van der Waals surface area contributed by atoms with Gasteiger partial charge in [-0.3, -0.25) is 9.48 Å². The maximum absolute atomic E-state index is 11.4. The molecule has 0 fully saturated rings. The highest BCUT2D eigenvalue weighted by Crippen LogP contribution is 2.14. The molecule has 0 aromatic carbocycles. The van der Waals surface area contributed by atoms with Crippen LogP contribution in [0.4, 0.5) is 0 Å². The van der Waals surface area contributed by atoms with Gasteiger partial charge in [0, 0.05) is 11.3 Å². The lowest BCUT2D eigenvalue weighted by molar-refractivity contribution is -0.142. The molecule has 0 unspecified atom stereocenters. The molecular weight excluding hydrogens is 218 g/mol. The largest absolute Gasteiger partial charge is 0.466 e. The predicted molar refractivity (Wildman–Crippen MR) is 62.3 cm³/mol. The minimum absolute atomic E-state index is 0.237. The van der Waals surface area contributed by atoms with Gasteiger partial charge in [0.15, 0.2) is 0 Å². The van der Waals surface area contributed by atoms with Crippen molar-refractivity contribution >= 4 is 5.97 Å². The first kappa shape index (κ1) is 13.2. The number of rotatable bonds is 5. The molecule has 0 N–H and O–H groups in total. The Bertz CT molecular complexity index is 443. The number of hydrogen-bond donors (Lipinski definition) is 0. The van der Waals surface area contributed by atoms with E-state index >= 15 is 0 Å². The van der Waals surface area contributed by atoms with Gasteiger partial charge in [-0.25, -0.2) is 0 Å². The lowest BCUT2D eigenvalue weighted by Gasteiger charge is -2.03. The zero-order valence-electron chi connectivity index (χ0n) is 10.5. The lowest BCUT2D eigenvalue weighted by atomic mass is 10.1. The van der Waals surface area contributed by atoms with Gasteiger partial charge in [-0.05, 0) is 20.8 Å². The zero-order chi connectivity index (χ0) is 12.8. The van der Waals surface area contributed by atoms with Gasteiger partial charge in [-0.1, -0.05) is 0 Å². The fourth-order valence-corrected chi connectivity index (χ4v) is 1.72. The Morgan fingerprint density at radius 3 is 2.82 bits per heavy atom. The molecule has 1 aromatic rings. The van der Waals surface area contributed by atoms with Crippen molar-refractivity contribution in [2.45, 2.75) is 40.2 Å². The average Bonchev–Trinajstić information content (AvgIpc) is 2.54. The van der Waals surface area contributed by atoms with Crippen LogP contribution in [-0.2, 0) is 22.5 Å². The van der Waals surface area contributed by atoms with Crippen LogP contribution in [0.2, 0.25) is 0 Å². The van der Waals surface area contributed by atoms with Gasteiger partial charge in [0.1, 0.15) is 0 Å². The first-order valence-electron chi connectivity index (χ1n) is 5.65. The molecule has 0 radical (unpaired) electrons. The van der Waals surface area contributed by atoms with Crippen LogP contribution >= 0.6 is 0 Å². The Kier molecular flexibility index (Phi) is 4.70. The van der Waals surface area contributed by atoms with Gasteiger partial charge in [-0.2, -0.15) is 10.4 Å². The van der Waals surface area contributed by atoms with Crippen LogP contribution in [-0.4, -0.2) is 22.4 Å². The number of ether oxygens (including phenoxy) is 1. The average molecular weight is 235 g/mol. The second-order valence-corrected chi connectivity index (χ2v) is 3.76. The summed E-state index contributed by atoms with van der Waals surface area (Å²) in [5, 5.41) is 12.9. The standard InChI is InChI=1S/C12H17N3O2/c1-4-17-12(16)8-11-9(2)14-15(10(11)3)7-5-6-13/h4-5,7-8H2,1-3H3. The Morgan fingerprint density at radius 1 is 1.53 bits per heavy atom. The van der Waals surface area contributed by atoms with Gasteiger partial charge < -0.3 is 4.74 Å². The summed E-state index contributed by atoms with van der Waals surface area (Å²) in [6, 6.07) is 2.08. The van der Waals surface area contributed by atoms with Crippen LogP contribution in [0.15, 0.2) is 0 Å². The first-order chi connectivity index (χ1) is 8.10. The van der Waals surface area contributed by atoms with Crippen LogP contribution in [0.3, 0.4) is 0 Å². The maximum atomic E-state index is 11.4. The first-order valence-corrected chi connectivity index (χ1v) is 5.65. The fourth-order valence-electron chi connectivity index (χ4n) is 1.72. The van der Waals surface area contributed by atoms with Gasteiger partial charge in [-0.15, -0.1) is 0 Å². The molecule has 0 amide bonds. The molecule has 0 atom stereocenters. The van der Waals surface area contributed by atoms with E-state index in [1.165, 1.54) is 0 Å². The molecule has 17 heavy (non-hydrogen) atoms. The second kappa shape index (κ2) is 6.04. The molecule has 0 saturated heterocycles. The Morgan fingerprint density at radius 2 is 2.24 bits per heavy atom. The van der Waals surface area contributed by atoms with Gasteiger partial charge in [0.25, 0.3) is 0 Å². The van der Waals surface area contributed by atoms with Gasteiger partial charge >= 0.3 is 5.97 Å². The van der Waals surface area contributed by atoms with E-state index < -0.39 is 0 Å². The van der Waals surface area contributed by atoms with Crippen LogP contribution in [0.1, 0.15) is 30.3 Å². The van der Waals surface area contributed by atoms with Gasteiger partial charge in [0.05, 0.1) is 37.8 Å². The van der Waals surface area contributed by atoms with E-state index in [0.29, 0.717) is 19.6 Å². The number of nitriles is 1. The van der Waals surface area contributed by atoms with E-state index in [4.69, 9.17) is 10.00 Å². The molecule has 5 heteroatoms. The monoisotopic (exact) mass is 235 g/mol. The van der Waals surface area contributed by atoms with E-state index in [9.17, 15) is 4.79 Å². The molecule has 1 rings (SSSR count). The second-order valence-electron chi connectivity index (χ2n) is 3.76. The van der Waals surface area contributed by atoms with Crippen molar-refractivity contribution in [1.29, 1.82) is 5.26 Å². The van der Waals surface area contributed by atoms with E-state index in [-0.39, 0.29) is 12.4 Å². The van der Waals surface area contributed by atoms with Crippen molar-refractivity contribution < 1.29 is 9.53 Å². The zero-order valence-corrected chi connectivity index (χ0v) is 10.5. The Balaban J connectivity index is 2.82. The minimum Gasteiger partial charge on any atom is -0.466 e. The van der Waals surface area contributed by atoms with Crippen molar-refractivity contribution in [1.82, 2.24) is 9.78 Å². The van der Waals surface area contributed by atoms with Crippen LogP contribution in [0, 0.1) is 25.2 Å². The number of nitrogens with zero attached hydrogens (tertiary/aromatic N) is 3. The molecule has 1 heterocycles. The van der Waals surface area contributed by atoms with E-state index in [1.807, 2.05) is 13.8 Å². The van der Waals surface area contributed by atoms with E-state index in [1.54, 1.807) is 11.6 Å². The number of aryl methyl sites for hydroxylation is 2. The van der Waals surface area contributed by atoms with Crippen LogP contribution < -0.4 is 0 Å². The number of carbonyl (C=O) groups is 1. The number of esters is 1. The highest BCUT2D eigenvalue weighted by Gasteiger charge is 2.15. The topological polar surface area (TPSA) is 67.9 Å². The lowest BCUT2D eigenvalue weighted by Crippen LogP contribution is -2.09. The summed E-state index contributed by atoms with van der Waals surface area (Å²) in [6.45, 7) is 6.51. The molecule has 5 nitrogen and oxygen atoms in total. The predicted octanol–water partition coefficient (Wildman–Crippen LogP) is 1.52. The van der Waals surface area contributed by atoms with Gasteiger partial charge in [0.2, 0.25) is 0 Å². The fraction of sp³-hybridized carbons (Fsp3) is 0.583. The van der Waals surface area contributed by atoms with Crippen LogP contribution in [0.25, 0.3) is 0 Å². The highest BCUT2D eigenvalue weighted by molar-refractivity contribution is 5.73. The SMILES string of the molecule is CCOC(=O)Cc1c(C)nn(CCC#N)c1C. The third kappa shape index (κ3) is 3.31. The number of hydrogen-bond acceptors (Lipinski definition) is 4. The van der Waals surface area contributed by atoms with Crippen molar-refractivity contribution in [2.75, 3.05) is 6.61 Å². The summed E-state index contributed by atoms with van der Waals surface area (Å²) in [4.78, 5) is 11.4. The number of carbonyl (C=O) groups excluding carboxylic acids is 1. The van der Waals surface area contributed by atoms with Crippen LogP contribution in [0.5, 0.6) is 0 Å². The number of aromatic nitrogens is 2. The quantitative estimate of drug-likeness (QED) is 0.726. The smallest absolute Gasteiger partial charge is 0.310 e. The summed E-state index contributed by atoms with van der Waals surface area (Å²) < 4.78 is 6.69. The molecule has 0 aliphatic heterocycles. The highest BCUT2D eigenvalue weighted by atomic mass is 16.5. The maximum Gasteiger partial charge on any atom is 0.310 e. The van der Waals surface area contributed by atoms with Crippen molar-refractivity contribution in [2.24, 2.45) is 0 Å². The van der Waals surface area contributed by atoms with Crippen molar-refractivity contribution in [3.05, 3.63) is 17.0 Å². The molecule has 0 aliphatic rings. The molecule has 0 aliphatic carbocycles. The van der Waals surface area contributed by atoms with Crippen molar-refractivity contribution in [3.63, 3.8) is 0 Å². The minimum atomic E-state index is -0.237. The molecule has 0 saturated carbocycles. The Hall–Kier alpha value is -1.83. The summed E-state index contributed by atoms with van der Waals surface area (Å²) in [5.74, 6) is -0.237.